The maximum atomic E-state index is 13.4. The van der Waals surface area contributed by atoms with Gasteiger partial charge in [0.1, 0.15) is 17.3 Å². The van der Waals surface area contributed by atoms with Crippen LogP contribution in [-0.4, -0.2) is 4.92 Å². The van der Waals surface area contributed by atoms with E-state index in [4.69, 9.17) is 4.74 Å². The van der Waals surface area contributed by atoms with Crippen molar-refractivity contribution >= 4 is 16.5 Å². The molecule has 5 heteroatoms. The van der Waals surface area contributed by atoms with E-state index in [0.717, 1.165) is 22.9 Å². The number of hydrogen-bond donors (Lipinski definition) is 0. The van der Waals surface area contributed by atoms with Crippen molar-refractivity contribution in [1.29, 1.82) is 0 Å². The second-order valence-electron chi connectivity index (χ2n) is 4.48. The first-order valence-electron chi connectivity index (χ1n) is 6.24. The molecule has 0 saturated heterocycles. The molecule has 3 aromatic rings. The molecule has 0 radical (unpaired) electrons. The molecule has 0 amide bonds. The summed E-state index contributed by atoms with van der Waals surface area (Å²) >= 11 is 0. The predicted octanol–water partition coefficient (Wildman–Crippen LogP) is 4.68. The zero-order valence-electron chi connectivity index (χ0n) is 10.8. The van der Waals surface area contributed by atoms with Gasteiger partial charge in [0.05, 0.1) is 17.1 Å². The van der Waals surface area contributed by atoms with Crippen LogP contribution in [0.15, 0.2) is 60.7 Å². The fraction of sp³-hybridized carbons (Fsp3) is 0. The fourth-order valence-corrected chi connectivity index (χ4v) is 2.12. The van der Waals surface area contributed by atoms with E-state index in [2.05, 4.69) is 0 Å². The monoisotopic (exact) mass is 283 g/mol. The molecule has 0 saturated carbocycles. The van der Waals surface area contributed by atoms with Crippen LogP contribution in [0.1, 0.15) is 0 Å². The summed E-state index contributed by atoms with van der Waals surface area (Å²) < 4.78 is 19.0. The number of ether oxygens (including phenoxy) is 1. The zero-order valence-corrected chi connectivity index (χ0v) is 10.8. The Hall–Kier alpha value is -2.95. The average molecular weight is 283 g/mol. The molecule has 0 aromatic heterocycles. The maximum absolute atomic E-state index is 13.4. The second kappa shape index (κ2) is 5.20. The summed E-state index contributed by atoms with van der Waals surface area (Å²) in [5.74, 6) is -0.0921. The van der Waals surface area contributed by atoms with Crippen molar-refractivity contribution in [3.63, 3.8) is 0 Å². The number of benzene rings is 3. The van der Waals surface area contributed by atoms with Crippen LogP contribution < -0.4 is 4.74 Å². The van der Waals surface area contributed by atoms with Gasteiger partial charge >= 0.3 is 0 Å². The van der Waals surface area contributed by atoms with Crippen LogP contribution in [0.5, 0.6) is 11.5 Å². The van der Waals surface area contributed by atoms with Crippen LogP contribution in [0.3, 0.4) is 0 Å². The molecule has 0 atom stereocenters. The molecule has 21 heavy (non-hydrogen) atoms. The molecule has 0 fully saturated rings. The SMILES string of the molecule is O=[N+]([O-])c1cc(F)cc(Oc2cccc3ccccc23)c1. The molecule has 0 heterocycles. The molecule has 0 aliphatic carbocycles. The molecular formula is C16H10FNO3. The Bertz CT molecular complexity index is 827. The molecule has 3 aromatic carbocycles. The molecule has 3 rings (SSSR count). The van der Waals surface area contributed by atoms with E-state index in [1.807, 2.05) is 36.4 Å². The third-order valence-electron chi connectivity index (χ3n) is 3.04. The standard InChI is InChI=1S/C16H10FNO3/c17-12-8-13(18(19)20)10-14(9-12)21-16-7-3-5-11-4-1-2-6-15(11)16/h1-10H. The summed E-state index contributed by atoms with van der Waals surface area (Å²) in [4.78, 5) is 10.1. The van der Waals surface area contributed by atoms with Gasteiger partial charge in [-0.3, -0.25) is 10.1 Å². The highest BCUT2D eigenvalue weighted by atomic mass is 19.1. The minimum Gasteiger partial charge on any atom is -0.456 e. The molecular weight excluding hydrogens is 273 g/mol. The molecule has 0 bridgehead atoms. The van der Waals surface area contributed by atoms with E-state index < -0.39 is 10.7 Å². The number of nitrogens with zero attached hydrogens (tertiary/aromatic N) is 1. The van der Waals surface area contributed by atoms with Crippen molar-refractivity contribution < 1.29 is 14.1 Å². The summed E-state index contributed by atoms with van der Waals surface area (Å²) in [6, 6.07) is 16.2. The van der Waals surface area contributed by atoms with Crippen molar-refractivity contribution in [2.45, 2.75) is 0 Å². The largest absolute Gasteiger partial charge is 0.456 e. The number of halogens is 1. The van der Waals surface area contributed by atoms with Crippen molar-refractivity contribution in [1.82, 2.24) is 0 Å². The Morgan fingerprint density at radius 3 is 2.57 bits per heavy atom. The van der Waals surface area contributed by atoms with Gasteiger partial charge in [-0.1, -0.05) is 36.4 Å². The van der Waals surface area contributed by atoms with E-state index in [0.29, 0.717) is 5.75 Å². The van der Waals surface area contributed by atoms with Crippen molar-refractivity contribution in [2.24, 2.45) is 0 Å². The first-order valence-corrected chi connectivity index (χ1v) is 6.24. The topological polar surface area (TPSA) is 52.4 Å². The normalized spacial score (nSPS) is 10.5. The molecule has 0 N–H and O–H groups in total. The van der Waals surface area contributed by atoms with Gasteiger partial charge in [-0.05, 0) is 11.5 Å². The Morgan fingerprint density at radius 1 is 1.00 bits per heavy atom. The van der Waals surface area contributed by atoms with Crippen LogP contribution in [0, 0.1) is 15.9 Å². The van der Waals surface area contributed by atoms with E-state index >= 15 is 0 Å². The van der Waals surface area contributed by atoms with Crippen molar-refractivity contribution in [2.75, 3.05) is 0 Å². The summed E-state index contributed by atoms with van der Waals surface area (Å²) in [5, 5.41) is 12.6. The number of nitro benzene ring substituents is 1. The first-order chi connectivity index (χ1) is 10.1. The second-order valence-corrected chi connectivity index (χ2v) is 4.48. The summed E-state index contributed by atoms with van der Waals surface area (Å²) in [7, 11) is 0. The van der Waals surface area contributed by atoms with Gasteiger partial charge in [0.2, 0.25) is 0 Å². The van der Waals surface area contributed by atoms with Gasteiger partial charge in [0.15, 0.2) is 0 Å². The van der Waals surface area contributed by atoms with Gasteiger partial charge in [-0.15, -0.1) is 0 Å². The number of nitro groups is 1. The lowest BCUT2D eigenvalue weighted by atomic mass is 10.1. The number of hydrogen-bond acceptors (Lipinski definition) is 3. The summed E-state index contributed by atoms with van der Waals surface area (Å²) in [5.41, 5.74) is -0.342. The van der Waals surface area contributed by atoms with E-state index in [9.17, 15) is 14.5 Å². The van der Waals surface area contributed by atoms with Crippen LogP contribution in [0.2, 0.25) is 0 Å². The van der Waals surface area contributed by atoms with Gasteiger partial charge in [-0.2, -0.15) is 0 Å². The molecule has 104 valence electrons. The Kier molecular flexibility index (Phi) is 3.23. The fourth-order valence-electron chi connectivity index (χ4n) is 2.12. The minimum atomic E-state index is -0.709. The Morgan fingerprint density at radius 2 is 1.76 bits per heavy atom. The van der Waals surface area contributed by atoms with Gasteiger partial charge in [0.25, 0.3) is 5.69 Å². The van der Waals surface area contributed by atoms with Crippen LogP contribution in [-0.2, 0) is 0 Å². The Labute approximate surface area is 119 Å². The predicted molar refractivity (Wildman–Crippen MR) is 77.1 cm³/mol. The highest BCUT2D eigenvalue weighted by molar-refractivity contribution is 5.88. The highest BCUT2D eigenvalue weighted by Crippen LogP contribution is 2.31. The molecule has 0 aliphatic heterocycles. The first kappa shape index (κ1) is 13.1. The third-order valence-corrected chi connectivity index (χ3v) is 3.04. The lowest BCUT2D eigenvalue weighted by molar-refractivity contribution is -0.385. The lowest BCUT2D eigenvalue weighted by Crippen LogP contribution is -1.92. The van der Waals surface area contributed by atoms with E-state index in [1.54, 1.807) is 6.07 Å². The average Bonchev–Trinajstić information content (AvgIpc) is 2.47. The molecule has 0 unspecified atom stereocenters. The Balaban J connectivity index is 2.05. The number of non-ortho nitro benzene ring substituents is 1. The minimum absolute atomic E-state index is 0.0954. The van der Waals surface area contributed by atoms with E-state index in [-0.39, 0.29) is 11.4 Å². The molecule has 0 spiro atoms. The molecule has 4 nitrogen and oxygen atoms in total. The van der Waals surface area contributed by atoms with Crippen molar-refractivity contribution in [3.05, 3.63) is 76.6 Å². The van der Waals surface area contributed by atoms with Crippen LogP contribution >= 0.6 is 0 Å². The third kappa shape index (κ3) is 2.67. The van der Waals surface area contributed by atoms with Crippen LogP contribution in [0.25, 0.3) is 10.8 Å². The zero-order chi connectivity index (χ0) is 14.8. The smallest absolute Gasteiger partial charge is 0.276 e. The summed E-state index contributed by atoms with van der Waals surface area (Å²) in [6.45, 7) is 0. The van der Waals surface area contributed by atoms with Gasteiger partial charge in [0, 0.05) is 11.5 Å². The molecule has 0 aliphatic rings. The van der Waals surface area contributed by atoms with Gasteiger partial charge in [-0.25, -0.2) is 4.39 Å². The quantitative estimate of drug-likeness (QED) is 0.518. The summed E-state index contributed by atoms with van der Waals surface area (Å²) in [6.07, 6.45) is 0. The lowest BCUT2D eigenvalue weighted by Gasteiger charge is -2.09. The number of fused-ring (bicyclic) bond motifs is 1. The van der Waals surface area contributed by atoms with Crippen LogP contribution in [0.4, 0.5) is 10.1 Å². The van der Waals surface area contributed by atoms with E-state index in [1.165, 1.54) is 6.07 Å². The highest BCUT2D eigenvalue weighted by Gasteiger charge is 2.12. The number of rotatable bonds is 3. The maximum Gasteiger partial charge on any atom is 0.276 e. The van der Waals surface area contributed by atoms with Crippen molar-refractivity contribution in [3.8, 4) is 11.5 Å². The van der Waals surface area contributed by atoms with Gasteiger partial charge < -0.3 is 4.74 Å².